The van der Waals surface area contributed by atoms with Gasteiger partial charge in [0.05, 0.1) is 0 Å². The highest BCUT2D eigenvalue weighted by molar-refractivity contribution is 14.1. The summed E-state index contributed by atoms with van der Waals surface area (Å²) in [4.78, 5) is 0. The summed E-state index contributed by atoms with van der Waals surface area (Å²) >= 11 is 2.28. The Balaban J connectivity index is 3.75. The van der Waals surface area contributed by atoms with Gasteiger partial charge in [0.15, 0.2) is 0 Å². The van der Waals surface area contributed by atoms with Crippen LogP contribution >= 0.6 is 21.8 Å². The quantitative estimate of drug-likeness (QED) is 0.389. The summed E-state index contributed by atoms with van der Waals surface area (Å²) < 4.78 is 35.8. The van der Waals surface area contributed by atoms with Crippen LogP contribution in [0.15, 0.2) is 0 Å². The summed E-state index contributed by atoms with van der Waals surface area (Å²) in [6, 6.07) is 1.39. The highest BCUT2D eigenvalue weighted by Gasteiger charge is 2.32. The van der Waals surface area contributed by atoms with Crippen LogP contribution in [0.4, 0.5) is 13.2 Å². The van der Waals surface area contributed by atoms with Crippen LogP contribution in [0, 0.1) is 0 Å². The molecule has 0 spiro atoms. The van der Waals surface area contributed by atoms with Gasteiger partial charge in [-0.1, -0.05) is 26.3 Å². The van der Waals surface area contributed by atoms with Gasteiger partial charge in [-0.25, -0.2) is 0 Å². The van der Waals surface area contributed by atoms with E-state index in [9.17, 15) is 13.2 Å². The van der Waals surface area contributed by atoms with E-state index in [-0.39, 0.29) is 0 Å². The molecule has 0 heterocycles. The fraction of sp³-hybridized carbons (Fsp3) is 1.00. The maximum absolute atomic E-state index is 11.9. The van der Waals surface area contributed by atoms with E-state index in [1.807, 2.05) is 6.55 Å². The van der Waals surface area contributed by atoms with Crippen LogP contribution in [-0.2, 0) is 0 Å². The molecule has 0 saturated carbocycles. The van der Waals surface area contributed by atoms with E-state index in [1.165, 1.54) is 0 Å². The molecular weight excluding hydrogens is 308 g/mol. The van der Waals surface area contributed by atoms with Gasteiger partial charge in [-0.15, -0.1) is 21.8 Å². The van der Waals surface area contributed by atoms with Gasteiger partial charge in [-0.05, 0) is 12.1 Å². The van der Waals surface area contributed by atoms with E-state index in [4.69, 9.17) is 0 Å². The minimum Gasteiger partial charge on any atom is -0.171 e. The zero-order valence-electron chi connectivity index (χ0n) is 8.05. The lowest BCUT2D eigenvalue weighted by Crippen LogP contribution is -2.23. The number of hydrogen-bond donors (Lipinski definition) is 0. The number of halogens is 4. The zero-order valence-corrected chi connectivity index (χ0v) is 11.2. The van der Waals surface area contributed by atoms with E-state index >= 15 is 0 Å². The Kier molecular flexibility index (Phi) is 5.89. The Morgan fingerprint density at radius 3 is 2.15 bits per heavy atom. The monoisotopic (exact) mass is 324 g/mol. The van der Waals surface area contributed by atoms with Gasteiger partial charge < -0.3 is 0 Å². The molecule has 0 aromatic heterocycles. The molecule has 1 unspecified atom stereocenters. The number of hydrogen-bond acceptors (Lipinski definition) is 0. The highest BCUT2D eigenvalue weighted by atomic mass is 127. The van der Waals surface area contributed by atoms with Crippen molar-refractivity contribution in [1.29, 1.82) is 0 Å². The van der Waals surface area contributed by atoms with E-state index in [0.29, 0.717) is 6.04 Å². The molecule has 0 bridgehead atoms. The first-order valence-electron chi connectivity index (χ1n) is 4.52. The SMILES string of the molecule is CCCC[Si](C)(I)CCC(F)(F)F. The molecule has 0 N–H and O–H groups in total. The molecule has 0 nitrogen and oxygen atoms in total. The average Bonchev–Trinajstić information content (AvgIpc) is 1.97. The first-order chi connectivity index (χ1) is 5.77. The molecule has 13 heavy (non-hydrogen) atoms. The van der Waals surface area contributed by atoms with Crippen LogP contribution in [0.3, 0.4) is 0 Å². The summed E-state index contributed by atoms with van der Waals surface area (Å²) in [5.41, 5.74) is -1.58. The molecule has 0 amide bonds. The predicted octanol–water partition coefficient (Wildman–Crippen LogP) is 4.75. The van der Waals surface area contributed by atoms with Gasteiger partial charge in [0.25, 0.3) is 0 Å². The maximum Gasteiger partial charge on any atom is 0.388 e. The standard InChI is InChI=1S/C8H16F3ISi/c1-3-4-6-13(2,12)7-5-8(9,10)11/h3-7H2,1-2H3. The van der Waals surface area contributed by atoms with Crippen molar-refractivity contribution in [2.75, 3.05) is 0 Å². The number of unbranched alkanes of at least 4 members (excludes halogenated alkanes) is 1. The molecule has 0 aliphatic rings. The molecule has 0 aromatic rings. The van der Waals surface area contributed by atoms with E-state index in [0.717, 1.165) is 18.9 Å². The lowest BCUT2D eigenvalue weighted by Gasteiger charge is -2.20. The van der Waals surface area contributed by atoms with Crippen molar-refractivity contribution >= 4 is 27.4 Å². The van der Waals surface area contributed by atoms with Crippen molar-refractivity contribution in [2.45, 2.75) is 51.0 Å². The van der Waals surface area contributed by atoms with Crippen molar-refractivity contribution < 1.29 is 13.2 Å². The molecule has 80 valence electrons. The van der Waals surface area contributed by atoms with Crippen LogP contribution in [0.1, 0.15) is 26.2 Å². The third-order valence-electron chi connectivity index (χ3n) is 1.98. The Morgan fingerprint density at radius 1 is 1.23 bits per heavy atom. The molecular formula is C8H16F3ISi. The smallest absolute Gasteiger partial charge is 0.171 e. The second kappa shape index (κ2) is 5.58. The zero-order chi connectivity index (χ0) is 10.5. The maximum atomic E-state index is 11.9. The Morgan fingerprint density at radius 2 is 1.77 bits per heavy atom. The second-order valence-electron chi connectivity index (χ2n) is 3.63. The molecule has 0 aromatic carbocycles. The minimum absolute atomic E-state index is 0.372. The van der Waals surface area contributed by atoms with E-state index in [1.54, 1.807) is 0 Å². The van der Waals surface area contributed by atoms with E-state index in [2.05, 4.69) is 28.7 Å². The van der Waals surface area contributed by atoms with Crippen LogP contribution in [0.5, 0.6) is 0 Å². The average molecular weight is 324 g/mol. The van der Waals surface area contributed by atoms with Gasteiger partial charge in [0.1, 0.15) is 5.57 Å². The molecule has 0 saturated heterocycles. The normalized spacial score (nSPS) is 17.1. The lowest BCUT2D eigenvalue weighted by atomic mass is 10.4. The molecule has 0 aliphatic carbocycles. The minimum atomic E-state index is -3.97. The summed E-state index contributed by atoms with van der Waals surface area (Å²) in [5, 5.41) is 0. The molecule has 0 fully saturated rings. The van der Waals surface area contributed by atoms with Crippen LogP contribution in [0.25, 0.3) is 0 Å². The van der Waals surface area contributed by atoms with E-state index < -0.39 is 18.2 Å². The van der Waals surface area contributed by atoms with Crippen molar-refractivity contribution in [1.82, 2.24) is 0 Å². The van der Waals surface area contributed by atoms with Gasteiger partial charge in [-0.3, -0.25) is 0 Å². The van der Waals surface area contributed by atoms with Gasteiger partial charge in [0.2, 0.25) is 0 Å². The Hall–Kier alpha value is 0.737. The molecule has 5 heteroatoms. The highest BCUT2D eigenvalue weighted by Crippen LogP contribution is 2.32. The van der Waals surface area contributed by atoms with Crippen LogP contribution in [0.2, 0.25) is 18.6 Å². The molecule has 0 rings (SSSR count). The second-order valence-corrected chi connectivity index (χ2v) is 15.3. The summed E-state index contributed by atoms with van der Waals surface area (Å²) in [6.07, 6.45) is -2.41. The van der Waals surface area contributed by atoms with Gasteiger partial charge in [0, 0.05) is 6.42 Å². The summed E-state index contributed by atoms with van der Waals surface area (Å²) in [6.45, 7) is 4.11. The summed E-state index contributed by atoms with van der Waals surface area (Å²) in [7, 11) is 0. The van der Waals surface area contributed by atoms with Crippen molar-refractivity contribution in [2.24, 2.45) is 0 Å². The topological polar surface area (TPSA) is 0 Å². The number of alkyl halides is 3. The summed E-state index contributed by atoms with van der Waals surface area (Å²) in [5.74, 6) is 0. The largest absolute Gasteiger partial charge is 0.388 e. The molecule has 0 radical (unpaired) electrons. The molecule has 1 atom stereocenters. The third-order valence-corrected chi connectivity index (χ3v) is 7.91. The first kappa shape index (κ1) is 13.7. The van der Waals surface area contributed by atoms with Crippen molar-refractivity contribution in [3.63, 3.8) is 0 Å². The lowest BCUT2D eigenvalue weighted by molar-refractivity contribution is -0.130. The van der Waals surface area contributed by atoms with Crippen LogP contribution < -0.4 is 0 Å². The fourth-order valence-electron chi connectivity index (χ4n) is 1.07. The Bertz CT molecular complexity index is 145. The molecule has 0 aliphatic heterocycles. The number of rotatable bonds is 5. The Labute approximate surface area is 91.5 Å². The van der Waals surface area contributed by atoms with Crippen molar-refractivity contribution in [3.8, 4) is 0 Å². The van der Waals surface area contributed by atoms with Crippen molar-refractivity contribution in [3.05, 3.63) is 0 Å². The third kappa shape index (κ3) is 9.05. The van der Waals surface area contributed by atoms with Gasteiger partial charge in [-0.2, -0.15) is 13.2 Å². The van der Waals surface area contributed by atoms with Crippen LogP contribution in [-0.4, -0.2) is 11.7 Å². The fourth-order valence-corrected chi connectivity index (χ4v) is 5.17. The van der Waals surface area contributed by atoms with Gasteiger partial charge >= 0.3 is 6.18 Å². The predicted molar refractivity (Wildman–Crippen MR) is 60.8 cm³/mol. The first-order valence-corrected chi connectivity index (χ1v) is 10.6.